The van der Waals surface area contributed by atoms with Crippen LogP contribution in [0.1, 0.15) is 11.3 Å². The summed E-state index contributed by atoms with van der Waals surface area (Å²) in [6.45, 7) is 2.21. The Hall–Kier alpha value is -3.00. The monoisotopic (exact) mass is 451 g/mol. The number of carbonyl (C=O) groups is 1. The standard InChI is InChI=1S/C24H26ClN5O2/c1-28(2)11-3-4-22(32)29-12-13-30-21(15-29)23(17-7-9-26-10-8-17)24(27-30)20-6-5-19(25)14-18(20)16-31/h3-10,14,31H,11-13,15-16H2,1-2H3/b4-3+. The molecule has 0 spiro atoms. The fourth-order valence-corrected chi connectivity index (χ4v) is 4.10. The highest BCUT2D eigenvalue weighted by atomic mass is 35.5. The van der Waals surface area contributed by atoms with E-state index in [4.69, 9.17) is 16.7 Å². The maximum absolute atomic E-state index is 12.8. The second-order valence-electron chi connectivity index (χ2n) is 8.01. The van der Waals surface area contributed by atoms with E-state index in [9.17, 15) is 9.90 Å². The summed E-state index contributed by atoms with van der Waals surface area (Å²) in [6, 6.07) is 9.33. The van der Waals surface area contributed by atoms with E-state index in [-0.39, 0.29) is 12.5 Å². The van der Waals surface area contributed by atoms with Crippen molar-refractivity contribution in [2.45, 2.75) is 19.7 Å². The normalized spacial score (nSPS) is 13.7. The minimum atomic E-state index is -0.144. The molecule has 1 aromatic carbocycles. The minimum absolute atomic E-state index is 0.0101. The zero-order chi connectivity index (χ0) is 22.7. The van der Waals surface area contributed by atoms with Gasteiger partial charge < -0.3 is 14.9 Å². The smallest absolute Gasteiger partial charge is 0.246 e. The summed E-state index contributed by atoms with van der Waals surface area (Å²) >= 11 is 6.16. The molecule has 4 rings (SSSR count). The number of benzene rings is 1. The minimum Gasteiger partial charge on any atom is -0.392 e. The van der Waals surface area contributed by atoms with Crippen LogP contribution < -0.4 is 0 Å². The molecular weight excluding hydrogens is 426 g/mol. The Morgan fingerprint density at radius 3 is 2.72 bits per heavy atom. The molecule has 0 fully saturated rings. The molecule has 0 aliphatic carbocycles. The van der Waals surface area contributed by atoms with Gasteiger partial charge in [0.05, 0.1) is 25.4 Å². The van der Waals surface area contributed by atoms with E-state index in [0.717, 1.165) is 28.1 Å². The van der Waals surface area contributed by atoms with E-state index in [1.165, 1.54) is 0 Å². The first-order chi connectivity index (χ1) is 15.5. The van der Waals surface area contributed by atoms with Crippen LogP contribution in [0.4, 0.5) is 0 Å². The third-order valence-corrected chi connectivity index (χ3v) is 5.72. The SMILES string of the molecule is CN(C)C/C=C/C(=O)N1CCn2nc(-c3ccc(Cl)cc3CO)c(-c3ccncc3)c2C1. The number of halogens is 1. The van der Waals surface area contributed by atoms with Crippen LogP contribution in [0.25, 0.3) is 22.4 Å². The Bertz CT molecular complexity index is 1140. The van der Waals surface area contributed by atoms with Crippen LogP contribution in [0.15, 0.2) is 54.9 Å². The molecular formula is C24H26ClN5O2. The van der Waals surface area contributed by atoms with Crippen molar-refractivity contribution in [3.8, 4) is 22.4 Å². The van der Waals surface area contributed by atoms with Gasteiger partial charge in [0.25, 0.3) is 0 Å². The number of hydrogen-bond acceptors (Lipinski definition) is 5. The van der Waals surface area contributed by atoms with Crippen molar-refractivity contribution in [2.75, 3.05) is 27.2 Å². The summed E-state index contributed by atoms with van der Waals surface area (Å²) < 4.78 is 1.97. The van der Waals surface area contributed by atoms with Crippen LogP contribution >= 0.6 is 11.6 Å². The predicted molar refractivity (Wildman–Crippen MR) is 125 cm³/mol. The van der Waals surface area contributed by atoms with E-state index in [1.54, 1.807) is 30.6 Å². The molecule has 0 saturated heterocycles. The zero-order valence-corrected chi connectivity index (χ0v) is 19.0. The Balaban J connectivity index is 1.77. The van der Waals surface area contributed by atoms with Gasteiger partial charge in [-0.2, -0.15) is 5.10 Å². The number of amides is 1. The van der Waals surface area contributed by atoms with Gasteiger partial charge in [-0.3, -0.25) is 14.5 Å². The van der Waals surface area contributed by atoms with Crippen molar-refractivity contribution in [3.05, 3.63) is 71.2 Å². The Morgan fingerprint density at radius 2 is 2.00 bits per heavy atom. The lowest BCUT2D eigenvalue weighted by Gasteiger charge is -2.27. The summed E-state index contributed by atoms with van der Waals surface area (Å²) in [5.41, 5.74) is 5.18. The molecule has 7 nitrogen and oxygen atoms in total. The molecule has 166 valence electrons. The van der Waals surface area contributed by atoms with E-state index in [2.05, 4.69) is 4.98 Å². The molecule has 32 heavy (non-hydrogen) atoms. The van der Waals surface area contributed by atoms with Gasteiger partial charge in [-0.1, -0.05) is 23.7 Å². The van der Waals surface area contributed by atoms with Crippen LogP contribution in [0.5, 0.6) is 0 Å². The number of aliphatic hydroxyl groups excluding tert-OH is 1. The summed E-state index contributed by atoms with van der Waals surface area (Å²) in [5.74, 6) is -0.0101. The van der Waals surface area contributed by atoms with E-state index >= 15 is 0 Å². The Morgan fingerprint density at radius 1 is 1.22 bits per heavy atom. The van der Waals surface area contributed by atoms with Crippen molar-refractivity contribution < 1.29 is 9.90 Å². The summed E-state index contributed by atoms with van der Waals surface area (Å²) in [4.78, 5) is 20.8. The fourth-order valence-electron chi connectivity index (χ4n) is 3.91. The third kappa shape index (κ3) is 4.60. The van der Waals surface area contributed by atoms with Crippen molar-refractivity contribution in [1.29, 1.82) is 0 Å². The molecule has 0 radical (unpaired) electrons. The van der Waals surface area contributed by atoms with Crippen molar-refractivity contribution in [1.82, 2.24) is 24.6 Å². The van der Waals surface area contributed by atoms with Gasteiger partial charge in [-0.25, -0.2) is 0 Å². The second kappa shape index (κ2) is 9.65. The van der Waals surface area contributed by atoms with Crippen LogP contribution in [0.2, 0.25) is 5.02 Å². The first-order valence-electron chi connectivity index (χ1n) is 10.5. The quantitative estimate of drug-likeness (QED) is 0.582. The van der Waals surface area contributed by atoms with Gasteiger partial charge in [-0.05, 0) is 49.5 Å². The number of hydrogen-bond donors (Lipinski definition) is 1. The van der Waals surface area contributed by atoms with Crippen LogP contribution in [-0.4, -0.2) is 62.8 Å². The van der Waals surface area contributed by atoms with Crippen molar-refractivity contribution >= 4 is 17.5 Å². The van der Waals surface area contributed by atoms with Crippen molar-refractivity contribution in [3.63, 3.8) is 0 Å². The van der Waals surface area contributed by atoms with Crippen molar-refractivity contribution in [2.24, 2.45) is 0 Å². The molecule has 0 unspecified atom stereocenters. The zero-order valence-electron chi connectivity index (χ0n) is 18.2. The van der Waals surface area contributed by atoms with E-state index in [1.807, 2.05) is 52.9 Å². The number of nitrogens with zero attached hydrogens (tertiary/aromatic N) is 5. The first-order valence-corrected chi connectivity index (χ1v) is 10.9. The van der Waals surface area contributed by atoms with Gasteiger partial charge in [0.2, 0.25) is 5.91 Å². The predicted octanol–water partition coefficient (Wildman–Crippen LogP) is 3.22. The Kier molecular flexibility index (Phi) is 6.69. The summed E-state index contributed by atoms with van der Waals surface area (Å²) in [6.07, 6.45) is 7.01. The maximum atomic E-state index is 12.8. The Labute approximate surface area is 192 Å². The number of rotatable bonds is 6. The molecule has 3 heterocycles. The highest BCUT2D eigenvalue weighted by Crippen LogP contribution is 2.38. The topological polar surface area (TPSA) is 74.5 Å². The highest BCUT2D eigenvalue weighted by Gasteiger charge is 2.28. The van der Waals surface area contributed by atoms with Gasteiger partial charge in [0.1, 0.15) is 5.69 Å². The number of aromatic nitrogens is 3. The van der Waals surface area contributed by atoms with E-state index in [0.29, 0.717) is 36.8 Å². The van der Waals surface area contributed by atoms with Gasteiger partial charge in [-0.15, -0.1) is 0 Å². The lowest BCUT2D eigenvalue weighted by Crippen LogP contribution is -2.37. The molecule has 1 aliphatic rings. The molecule has 2 aromatic heterocycles. The third-order valence-electron chi connectivity index (χ3n) is 5.48. The number of carbonyl (C=O) groups excluding carboxylic acids is 1. The molecule has 1 amide bonds. The summed E-state index contributed by atoms with van der Waals surface area (Å²) in [7, 11) is 3.93. The number of likely N-dealkylation sites (N-methyl/N-ethyl adjacent to an activating group) is 1. The molecule has 0 saturated carbocycles. The second-order valence-corrected chi connectivity index (χ2v) is 8.45. The maximum Gasteiger partial charge on any atom is 0.246 e. The molecule has 3 aromatic rings. The van der Waals surface area contributed by atoms with Crippen LogP contribution in [0, 0.1) is 0 Å². The van der Waals surface area contributed by atoms with E-state index < -0.39 is 0 Å². The number of pyridine rings is 1. The van der Waals surface area contributed by atoms with Gasteiger partial charge in [0, 0.05) is 47.7 Å². The lowest BCUT2D eigenvalue weighted by atomic mass is 9.96. The average Bonchev–Trinajstić information content (AvgIpc) is 3.17. The van der Waals surface area contributed by atoms with Gasteiger partial charge in [0.15, 0.2) is 0 Å². The summed E-state index contributed by atoms with van der Waals surface area (Å²) in [5, 5.41) is 15.4. The molecule has 8 heteroatoms. The fraction of sp³-hybridized carbons (Fsp3) is 0.292. The molecule has 1 N–H and O–H groups in total. The molecule has 1 aliphatic heterocycles. The molecule has 0 bridgehead atoms. The molecule has 0 atom stereocenters. The lowest BCUT2D eigenvalue weighted by molar-refractivity contribution is -0.127. The number of fused-ring (bicyclic) bond motifs is 1. The number of aliphatic hydroxyl groups is 1. The van der Waals surface area contributed by atoms with Gasteiger partial charge >= 0.3 is 0 Å². The average molecular weight is 452 g/mol. The highest BCUT2D eigenvalue weighted by molar-refractivity contribution is 6.30. The van der Waals surface area contributed by atoms with Crippen LogP contribution in [-0.2, 0) is 24.5 Å². The largest absolute Gasteiger partial charge is 0.392 e. The van der Waals surface area contributed by atoms with Crippen LogP contribution in [0.3, 0.4) is 0 Å². The first kappa shape index (κ1) is 22.2.